The van der Waals surface area contributed by atoms with Gasteiger partial charge >= 0.3 is 5.97 Å². The number of amides is 1. The van der Waals surface area contributed by atoms with E-state index in [0.29, 0.717) is 12.1 Å². The van der Waals surface area contributed by atoms with E-state index in [0.717, 1.165) is 0 Å². The van der Waals surface area contributed by atoms with Crippen molar-refractivity contribution in [3.8, 4) is 0 Å². The van der Waals surface area contributed by atoms with Gasteiger partial charge in [0, 0.05) is 12.1 Å². The van der Waals surface area contributed by atoms with Crippen LogP contribution < -0.4 is 0 Å². The van der Waals surface area contributed by atoms with Crippen molar-refractivity contribution in [1.29, 1.82) is 0 Å². The molecule has 0 aliphatic heterocycles. The number of hydrogen-bond acceptors (Lipinski definition) is 5. The van der Waals surface area contributed by atoms with Gasteiger partial charge in [0.2, 0.25) is 5.76 Å². The number of carbonyl (C=O) groups excluding carboxylic acids is 2. The maximum atomic E-state index is 11.9. The summed E-state index contributed by atoms with van der Waals surface area (Å²) in [5.74, 6) is -0.666. The SMILES string of the molecule is CCN(CC(=O)OC)C(=O)c1oncc1C. The zero-order valence-electron chi connectivity index (χ0n) is 9.52. The Balaban J connectivity index is 2.78. The van der Waals surface area contributed by atoms with Crippen LogP contribution in [0.3, 0.4) is 0 Å². The molecule has 0 radical (unpaired) electrons. The van der Waals surface area contributed by atoms with Gasteiger partial charge in [0.25, 0.3) is 5.91 Å². The summed E-state index contributed by atoms with van der Waals surface area (Å²) in [5.41, 5.74) is 0.647. The lowest BCUT2D eigenvalue weighted by molar-refractivity contribution is -0.141. The molecule has 6 heteroatoms. The second-order valence-corrected chi connectivity index (χ2v) is 3.23. The molecule has 0 aliphatic carbocycles. The van der Waals surface area contributed by atoms with E-state index < -0.39 is 5.97 Å². The molecule has 0 aromatic carbocycles. The number of carbonyl (C=O) groups is 2. The minimum absolute atomic E-state index is 0.0913. The van der Waals surface area contributed by atoms with Gasteiger partial charge in [-0.2, -0.15) is 0 Å². The van der Waals surface area contributed by atoms with E-state index in [1.807, 2.05) is 0 Å². The molecule has 1 amide bonds. The van der Waals surface area contributed by atoms with E-state index in [9.17, 15) is 9.59 Å². The first kappa shape index (κ1) is 12.2. The Morgan fingerprint density at radius 1 is 1.56 bits per heavy atom. The number of likely N-dealkylation sites (N-methyl/N-ethyl adjacent to an activating group) is 1. The highest BCUT2D eigenvalue weighted by Crippen LogP contribution is 2.09. The molecule has 0 atom stereocenters. The second-order valence-electron chi connectivity index (χ2n) is 3.23. The molecular weight excluding hydrogens is 212 g/mol. The summed E-state index contributed by atoms with van der Waals surface area (Å²) in [7, 11) is 1.28. The summed E-state index contributed by atoms with van der Waals surface area (Å²) in [6.45, 7) is 3.79. The quantitative estimate of drug-likeness (QED) is 0.703. The van der Waals surface area contributed by atoms with Crippen molar-refractivity contribution in [2.75, 3.05) is 20.2 Å². The van der Waals surface area contributed by atoms with Crippen LogP contribution in [0.25, 0.3) is 0 Å². The van der Waals surface area contributed by atoms with Crippen molar-refractivity contribution < 1.29 is 18.8 Å². The smallest absolute Gasteiger partial charge is 0.325 e. The molecule has 0 fully saturated rings. The van der Waals surface area contributed by atoms with Crippen LogP contribution in [0.15, 0.2) is 10.7 Å². The first-order valence-electron chi connectivity index (χ1n) is 4.87. The van der Waals surface area contributed by atoms with Crippen molar-refractivity contribution in [3.63, 3.8) is 0 Å². The molecule has 0 spiro atoms. The van der Waals surface area contributed by atoms with Gasteiger partial charge in [0.1, 0.15) is 6.54 Å². The molecule has 1 heterocycles. The third kappa shape index (κ3) is 2.59. The Labute approximate surface area is 93.1 Å². The molecule has 0 bridgehead atoms. The number of aryl methyl sites for hydroxylation is 1. The molecule has 6 nitrogen and oxygen atoms in total. The molecule has 88 valence electrons. The van der Waals surface area contributed by atoms with Crippen molar-refractivity contribution in [2.45, 2.75) is 13.8 Å². The predicted octanol–water partition coefficient (Wildman–Crippen LogP) is 0.618. The Hall–Kier alpha value is -1.85. The van der Waals surface area contributed by atoms with E-state index in [1.165, 1.54) is 18.2 Å². The summed E-state index contributed by atoms with van der Waals surface area (Å²) in [4.78, 5) is 24.3. The third-order valence-corrected chi connectivity index (χ3v) is 2.16. The van der Waals surface area contributed by atoms with Crippen LogP contribution in [0, 0.1) is 6.92 Å². The first-order chi connectivity index (χ1) is 7.60. The van der Waals surface area contributed by atoms with Crippen molar-refractivity contribution in [1.82, 2.24) is 10.1 Å². The van der Waals surface area contributed by atoms with Gasteiger partial charge in [0.05, 0.1) is 13.3 Å². The summed E-state index contributed by atoms with van der Waals surface area (Å²) in [6, 6.07) is 0. The maximum Gasteiger partial charge on any atom is 0.325 e. The molecule has 0 saturated carbocycles. The van der Waals surface area contributed by atoms with Gasteiger partial charge in [-0.1, -0.05) is 5.16 Å². The van der Waals surface area contributed by atoms with Gasteiger partial charge in [-0.25, -0.2) is 0 Å². The normalized spacial score (nSPS) is 9.94. The number of esters is 1. The fourth-order valence-corrected chi connectivity index (χ4v) is 1.19. The minimum atomic E-state index is -0.465. The van der Waals surface area contributed by atoms with E-state index in [2.05, 4.69) is 9.89 Å². The summed E-state index contributed by atoms with van der Waals surface area (Å²) < 4.78 is 9.33. The monoisotopic (exact) mass is 226 g/mol. The molecule has 1 rings (SSSR count). The number of methoxy groups -OCH3 is 1. The number of rotatable bonds is 4. The van der Waals surface area contributed by atoms with E-state index in [-0.39, 0.29) is 18.2 Å². The van der Waals surface area contributed by atoms with Gasteiger partial charge < -0.3 is 14.2 Å². The fourth-order valence-electron chi connectivity index (χ4n) is 1.19. The van der Waals surface area contributed by atoms with Crippen LogP contribution in [-0.4, -0.2) is 42.1 Å². The molecule has 0 unspecified atom stereocenters. The van der Waals surface area contributed by atoms with Crippen LogP contribution in [0.4, 0.5) is 0 Å². The van der Waals surface area contributed by atoms with Crippen LogP contribution in [0.2, 0.25) is 0 Å². The van der Waals surface area contributed by atoms with E-state index in [1.54, 1.807) is 13.8 Å². The number of aromatic nitrogens is 1. The van der Waals surface area contributed by atoms with E-state index >= 15 is 0 Å². The average Bonchev–Trinajstić information content (AvgIpc) is 2.71. The molecule has 0 aliphatic rings. The Bertz CT molecular complexity index is 386. The zero-order chi connectivity index (χ0) is 12.1. The molecule has 1 aromatic rings. The highest BCUT2D eigenvalue weighted by atomic mass is 16.5. The van der Waals surface area contributed by atoms with Gasteiger partial charge in [-0.15, -0.1) is 0 Å². The average molecular weight is 226 g/mol. The van der Waals surface area contributed by atoms with Crippen LogP contribution >= 0.6 is 0 Å². The van der Waals surface area contributed by atoms with Gasteiger partial charge in [-0.05, 0) is 13.8 Å². The lowest BCUT2D eigenvalue weighted by Gasteiger charge is -2.17. The maximum absolute atomic E-state index is 11.9. The number of ether oxygens (including phenoxy) is 1. The molecular formula is C10H14N2O4. The summed E-state index contributed by atoms with van der Waals surface area (Å²) >= 11 is 0. The van der Waals surface area contributed by atoms with Crippen molar-refractivity contribution in [2.24, 2.45) is 0 Å². The largest absolute Gasteiger partial charge is 0.468 e. The zero-order valence-corrected chi connectivity index (χ0v) is 9.52. The highest BCUT2D eigenvalue weighted by Gasteiger charge is 2.22. The highest BCUT2D eigenvalue weighted by molar-refractivity contribution is 5.94. The minimum Gasteiger partial charge on any atom is -0.468 e. The van der Waals surface area contributed by atoms with E-state index in [4.69, 9.17) is 4.52 Å². The predicted molar refractivity (Wildman–Crippen MR) is 54.8 cm³/mol. The lowest BCUT2D eigenvalue weighted by Crippen LogP contribution is -2.36. The van der Waals surface area contributed by atoms with Crippen LogP contribution in [-0.2, 0) is 9.53 Å². The standard InChI is InChI=1S/C10H14N2O4/c1-4-12(6-8(13)15-3)10(14)9-7(2)5-11-16-9/h5H,4,6H2,1-3H3. The first-order valence-corrected chi connectivity index (χ1v) is 4.87. The Morgan fingerprint density at radius 3 is 2.69 bits per heavy atom. The summed E-state index contributed by atoms with van der Waals surface area (Å²) in [5, 5.41) is 3.52. The molecule has 16 heavy (non-hydrogen) atoms. The van der Waals surface area contributed by atoms with Crippen molar-refractivity contribution >= 4 is 11.9 Å². The topological polar surface area (TPSA) is 72.6 Å². The van der Waals surface area contributed by atoms with Gasteiger partial charge in [0.15, 0.2) is 0 Å². The van der Waals surface area contributed by atoms with Gasteiger partial charge in [-0.3, -0.25) is 9.59 Å². The number of hydrogen-bond donors (Lipinski definition) is 0. The van der Waals surface area contributed by atoms with Crippen molar-refractivity contribution in [3.05, 3.63) is 17.5 Å². The summed E-state index contributed by atoms with van der Waals surface area (Å²) in [6.07, 6.45) is 1.46. The second kappa shape index (κ2) is 5.29. The lowest BCUT2D eigenvalue weighted by atomic mass is 10.2. The molecule has 1 aromatic heterocycles. The van der Waals surface area contributed by atoms with Crippen LogP contribution in [0.1, 0.15) is 23.0 Å². The molecule has 0 saturated heterocycles. The molecule has 0 N–H and O–H groups in total. The third-order valence-electron chi connectivity index (χ3n) is 2.16. The van der Waals surface area contributed by atoms with Crippen LogP contribution in [0.5, 0.6) is 0 Å². The number of nitrogens with zero attached hydrogens (tertiary/aromatic N) is 2. The Morgan fingerprint density at radius 2 is 2.25 bits per heavy atom. The fraction of sp³-hybridized carbons (Fsp3) is 0.500. The Kier molecular flexibility index (Phi) is 4.04.